The number of nitrogens with two attached hydrogens (primary N) is 1. The van der Waals surface area contributed by atoms with Crippen LogP contribution >= 0.6 is 0 Å². The molecule has 4 nitrogen and oxygen atoms in total. The number of pyridine rings is 1. The van der Waals surface area contributed by atoms with Gasteiger partial charge >= 0.3 is 0 Å². The number of hydrogen-bond acceptors (Lipinski definition) is 3. The third kappa shape index (κ3) is 3.00. The second-order valence-corrected chi connectivity index (χ2v) is 6.66. The highest BCUT2D eigenvalue weighted by Gasteiger charge is 2.17. The highest BCUT2D eigenvalue weighted by Crippen LogP contribution is 2.32. The van der Waals surface area contributed by atoms with Crippen molar-refractivity contribution in [1.29, 1.82) is 0 Å². The topological polar surface area (TPSA) is 56.7 Å². The predicted octanol–water partition coefficient (Wildman–Crippen LogP) is 4.19. The van der Waals surface area contributed by atoms with E-state index in [4.69, 9.17) is 10.8 Å². The molecule has 0 saturated heterocycles. The van der Waals surface area contributed by atoms with Crippen LogP contribution in [0.1, 0.15) is 23.0 Å². The molecule has 4 heteroatoms. The molecule has 0 aliphatic carbocycles. The monoisotopic (exact) mass is 342 g/mol. The normalized spacial score (nSPS) is 12.4. The highest BCUT2D eigenvalue weighted by atomic mass is 15.3. The number of fused-ring (bicyclic) bond motifs is 1. The van der Waals surface area contributed by atoms with E-state index in [-0.39, 0.29) is 6.04 Å². The molecule has 0 unspecified atom stereocenters. The van der Waals surface area contributed by atoms with Gasteiger partial charge in [-0.25, -0.2) is 0 Å². The van der Waals surface area contributed by atoms with Crippen molar-refractivity contribution in [2.75, 3.05) is 0 Å². The Kier molecular flexibility index (Phi) is 4.27. The number of hydrogen-bond donors (Lipinski definition) is 1. The first-order valence-corrected chi connectivity index (χ1v) is 8.82. The van der Waals surface area contributed by atoms with Crippen molar-refractivity contribution >= 4 is 10.9 Å². The molecule has 0 amide bonds. The third-order valence-corrected chi connectivity index (χ3v) is 4.75. The maximum atomic E-state index is 6.59. The lowest BCUT2D eigenvalue weighted by atomic mass is 9.94. The Morgan fingerprint density at radius 3 is 2.58 bits per heavy atom. The largest absolute Gasteiger partial charge is 0.324 e. The average Bonchev–Trinajstić information content (AvgIpc) is 2.99. The van der Waals surface area contributed by atoms with Crippen molar-refractivity contribution in [3.05, 3.63) is 83.7 Å². The van der Waals surface area contributed by atoms with Gasteiger partial charge in [-0.05, 0) is 30.7 Å². The molecule has 0 fully saturated rings. The molecule has 0 aliphatic heterocycles. The first kappa shape index (κ1) is 16.5. The van der Waals surface area contributed by atoms with Crippen LogP contribution in [0.4, 0.5) is 0 Å². The summed E-state index contributed by atoms with van der Waals surface area (Å²) >= 11 is 0. The zero-order chi connectivity index (χ0) is 18.1. The summed E-state index contributed by atoms with van der Waals surface area (Å²) in [5, 5.41) is 5.91. The van der Waals surface area contributed by atoms with E-state index in [1.54, 1.807) is 0 Å². The van der Waals surface area contributed by atoms with Crippen molar-refractivity contribution < 1.29 is 0 Å². The second kappa shape index (κ2) is 6.73. The Bertz CT molecular complexity index is 1060. The summed E-state index contributed by atoms with van der Waals surface area (Å²) < 4.78 is 1.93. The van der Waals surface area contributed by atoms with Gasteiger partial charge < -0.3 is 5.73 Å². The van der Waals surface area contributed by atoms with Gasteiger partial charge in [-0.1, -0.05) is 48.5 Å². The SMILES string of the molecule is Cc1cccc(C[C@H](N)c2ccccc2-c2nn(C)c3ccccc23)n1. The van der Waals surface area contributed by atoms with Crippen LogP contribution in [0.15, 0.2) is 66.7 Å². The van der Waals surface area contributed by atoms with Gasteiger partial charge in [-0.3, -0.25) is 9.67 Å². The fraction of sp³-hybridized carbons (Fsp3) is 0.182. The van der Waals surface area contributed by atoms with Crippen LogP contribution in [0, 0.1) is 6.92 Å². The number of nitrogens with zero attached hydrogens (tertiary/aromatic N) is 3. The van der Waals surface area contributed by atoms with E-state index < -0.39 is 0 Å². The van der Waals surface area contributed by atoms with Gasteiger partial charge in [0, 0.05) is 41.8 Å². The van der Waals surface area contributed by atoms with E-state index in [1.165, 1.54) is 0 Å². The summed E-state index contributed by atoms with van der Waals surface area (Å²) in [6.45, 7) is 2.00. The molecule has 2 aromatic carbocycles. The van der Waals surface area contributed by atoms with Crippen LogP contribution in [0.5, 0.6) is 0 Å². The molecule has 2 aromatic heterocycles. The van der Waals surface area contributed by atoms with Crippen molar-refractivity contribution in [2.45, 2.75) is 19.4 Å². The Labute approximate surface area is 153 Å². The van der Waals surface area contributed by atoms with Crippen molar-refractivity contribution in [3.63, 3.8) is 0 Å². The van der Waals surface area contributed by atoms with Gasteiger partial charge in [0.2, 0.25) is 0 Å². The summed E-state index contributed by atoms with van der Waals surface area (Å²) in [6, 6.07) is 22.5. The van der Waals surface area contributed by atoms with Crippen LogP contribution < -0.4 is 5.73 Å². The molecular weight excluding hydrogens is 320 g/mol. The lowest BCUT2D eigenvalue weighted by molar-refractivity contribution is 0.705. The fourth-order valence-corrected chi connectivity index (χ4v) is 3.50. The maximum Gasteiger partial charge on any atom is 0.100 e. The van der Waals surface area contributed by atoms with E-state index in [9.17, 15) is 0 Å². The van der Waals surface area contributed by atoms with Crippen LogP contribution in [-0.2, 0) is 13.5 Å². The Morgan fingerprint density at radius 1 is 0.962 bits per heavy atom. The first-order chi connectivity index (χ1) is 12.6. The van der Waals surface area contributed by atoms with E-state index in [1.807, 2.05) is 61.1 Å². The van der Waals surface area contributed by atoms with E-state index in [0.717, 1.165) is 39.1 Å². The molecule has 0 radical (unpaired) electrons. The molecule has 130 valence electrons. The standard InChI is InChI=1S/C22H22N4/c1-15-8-7-9-16(24-15)14-20(23)17-10-3-4-11-18(17)22-19-12-5-6-13-21(19)26(2)25-22/h3-13,20H,14,23H2,1-2H3/t20-/m0/s1. The average molecular weight is 342 g/mol. The van der Waals surface area contributed by atoms with Gasteiger partial charge in [-0.15, -0.1) is 0 Å². The summed E-state index contributed by atoms with van der Waals surface area (Å²) in [5.74, 6) is 0. The van der Waals surface area contributed by atoms with Crippen molar-refractivity contribution in [1.82, 2.24) is 14.8 Å². The summed E-state index contributed by atoms with van der Waals surface area (Å²) in [6.07, 6.45) is 0.698. The molecule has 26 heavy (non-hydrogen) atoms. The fourth-order valence-electron chi connectivity index (χ4n) is 3.50. The number of benzene rings is 2. The van der Waals surface area contributed by atoms with Crippen LogP contribution in [0.2, 0.25) is 0 Å². The third-order valence-electron chi connectivity index (χ3n) is 4.75. The maximum absolute atomic E-state index is 6.59. The molecule has 2 N–H and O–H groups in total. The lowest BCUT2D eigenvalue weighted by Gasteiger charge is -2.16. The number of rotatable bonds is 4. The quantitative estimate of drug-likeness (QED) is 0.605. The van der Waals surface area contributed by atoms with Crippen LogP contribution in [0.3, 0.4) is 0 Å². The first-order valence-electron chi connectivity index (χ1n) is 8.82. The predicted molar refractivity (Wildman–Crippen MR) is 106 cm³/mol. The van der Waals surface area contributed by atoms with Gasteiger partial charge in [0.1, 0.15) is 5.69 Å². The second-order valence-electron chi connectivity index (χ2n) is 6.66. The summed E-state index contributed by atoms with van der Waals surface area (Å²) in [5.41, 5.74) is 12.9. The molecule has 0 bridgehead atoms. The van der Waals surface area contributed by atoms with E-state index in [0.29, 0.717) is 6.42 Å². The van der Waals surface area contributed by atoms with Gasteiger partial charge in [0.25, 0.3) is 0 Å². The Balaban J connectivity index is 1.77. The van der Waals surface area contributed by atoms with E-state index >= 15 is 0 Å². The smallest absolute Gasteiger partial charge is 0.100 e. The Morgan fingerprint density at radius 2 is 1.73 bits per heavy atom. The molecule has 1 atom stereocenters. The zero-order valence-electron chi connectivity index (χ0n) is 15.1. The van der Waals surface area contributed by atoms with Crippen LogP contribution in [0.25, 0.3) is 22.2 Å². The van der Waals surface area contributed by atoms with Gasteiger partial charge in [0.05, 0.1) is 5.52 Å². The Hall–Kier alpha value is -2.98. The lowest BCUT2D eigenvalue weighted by Crippen LogP contribution is -2.15. The number of para-hydroxylation sites is 1. The molecule has 0 aliphatic rings. The number of aromatic nitrogens is 3. The minimum Gasteiger partial charge on any atom is -0.324 e. The summed E-state index contributed by atoms with van der Waals surface area (Å²) in [7, 11) is 1.98. The minimum absolute atomic E-state index is 0.138. The molecule has 4 aromatic rings. The zero-order valence-corrected chi connectivity index (χ0v) is 15.1. The highest BCUT2D eigenvalue weighted by molar-refractivity contribution is 5.94. The molecule has 0 saturated carbocycles. The molecule has 2 heterocycles. The van der Waals surface area contributed by atoms with Crippen molar-refractivity contribution in [3.8, 4) is 11.3 Å². The van der Waals surface area contributed by atoms with Gasteiger partial charge in [0.15, 0.2) is 0 Å². The molecule has 4 rings (SSSR count). The van der Waals surface area contributed by atoms with E-state index in [2.05, 4.69) is 29.2 Å². The van der Waals surface area contributed by atoms with Crippen molar-refractivity contribution in [2.24, 2.45) is 12.8 Å². The molecular formula is C22H22N4. The van der Waals surface area contributed by atoms with Crippen LogP contribution in [-0.4, -0.2) is 14.8 Å². The van der Waals surface area contributed by atoms with Gasteiger partial charge in [-0.2, -0.15) is 5.10 Å². The molecule has 0 spiro atoms. The minimum atomic E-state index is -0.138. The number of aryl methyl sites for hydroxylation is 2. The summed E-state index contributed by atoms with van der Waals surface area (Å²) in [4.78, 5) is 4.60.